The van der Waals surface area contributed by atoms with Gasteiger partial charge in [0.2, 0.25) is 11.7 Å². The highest BCUT2D eigenvalue weighted by Gasteiger charge is 2.27. The van der Waals surface area contributed by atoms with E-state index >= 15 is 0 Å². The second-order valence-corrected chi connectivity index (χ2v) is 6.93. The average Bonchev–Trinajstić information content (AvgIpc) is 3.44. The molecule has 9 nitrogen and oxygen atoms in total. The number of rotatable bonds is 5. The first-order chi connectivity index (χ1) is 13.7. The Morgan fingerprint density at radius 3 is 2.46 bits per heavy atom. The van der Waals surface area contributed by atoms with Crippen LogP contribution in [0.25, 0.3) is 11.5 Å². The van der Waals surface area contributed by atoms with Crippen LogP contribution in [0.15, 0.2) is 33.4 Å². The zero-order chi connectivity index (χ0) is 19.3. The second kappa shape index (κ2) is 8.57. The maximum Gasteiger partial charge on any atom is 0.276 e. The third-order valence-corrected chi connectivity index (χ3v) is 5.16. The summed E-state index contributed by atoms with van der Waals surface area (Å²) in [6.07, 6.45) is 2.04. The standard InChI is InChI=1S/C19H24N4O5/c24-18(3-4-21-9-12-26-13-10-21)22-5-7-23(8-6-22)19(25)15-14-17(28-20-15)16-2-1-11-27-16/h1-2,11,14H,3-10,12-13H2. The molecule has 28 heavy (non-hydrogen) atoms. The van der Waals surface area contributed by atoms with Crippen molar-refractivity contribution in [2.45, 2.75) is 6.42 Å². The molecular formula is C19H24N4O5. The summed E-state index contributed by atoms with van der Waals surface area (Å²) in [6.45, 7) is 6.05. The quantitative estimate of drug-likeness (QED) is 0.753. The Bertz CT molecular complexity index is 789. The lowest BCUT2D eigenvalue weighted by Crippen LogP contribution is -2.51. The van der Waals surface area contributed by atoms with Crippen LogP contribution in [0, 0.1) is 0 Å². The third-order valence-electron chi connectivity index (χ3n) is 5.16. The predicted octanol–water partition coefficient (Wildman–Crippen LogP) is 0.941. The number of piperazine rings is 1. The Kier molecular flexibility index (Phi) is 5.73. The first-order valence-corrected chi connectivity index (χ1v) is 9.58. The molecule has 150 valence electrons. The van der Waals surface area contributed by atoms with Gasteiger partial charge in [-0.15, -0.1) is 0 Å². The molecule has 0 aliphatic carbocycles. The van der Waals surface area contributed by atoms with Crippen LogP contribution in [0.2, 0.25) is 0 Å². The molecule has 2 aliphatic rings. The number of furan rings is 1. The molecule has 0 N–H and O–H groups in total. The van der Waals surface area contributed by atoms with Gasteiger partial charge in [-0.1, -0.05) is 5.16 Å². The summed E-state index contributed by atoms with van der Waals surface area (Å²) >= 11 is 0. The fraction of sp³-hybridized carbons (Fsp3) is 0.526. The van der Waals surface area contributed by atoms with Crippen molar-refractivity contribution in [2.75, 3.05) is 59.0 Å². The number of ether oxygens (including phenoxy) is 1. The van der Waals surface area contributed by atoms with Gasteiger partial charge in [-0.3, -0.25) is 14.5 Å². The highest BCUT2D eigenvalue weighted by atomic mass is 16.5. The summed E-state index contributed by atoms with van der Waals surface area (Å²) in [5.41, 5.74) is 0.249. The summed E-state index contributed by atoms with van der Waals surface area (Å²) in [5.74, 6) is 0.898. The molecular weight excluding hydrogens is 364 g/mol. The fourth-order valence-corrected chi connectivity index (χ4v) is 3.47. The smallest absolute Gasteiger partial charge is 0.276 e. The van der Waals surface area contributed by atoms with Crippen LogP contribution in [0.3, 0.4) is 0 Å². The van der Waals surface area contributed by atoms with Crippen molar-refractivity contribution in [1.82, 2.24) is 19.9 Å². The SMILES string of the molecule is O=C(CCN1CCOCC1)N1CCN(C(=O)c2cc(-c3ccco3)on2)CC1. The number of carbonyl (C=O) groups excluding carboxylic acids is 2. The highest BCUT2D eigenvalue weighted by Crippen LogP contribution is 2.21. The molecule has 0 saturated carbocycles. The van der Waals surface area contributed by atoms with E-state index in [0.717, 1.165) is 32.8 Å². The lowest BCUT2D eigenvalue weighted by atomic mass is 10.2. The minimum atomic E-state index is -0.193. The van der Waals surface area contributed by atoms with Crippen LogP contribution < -0.4 is 0 Å². The van der Waals surface area contributed by atoms with Crippen molar-refractivity contribution in [3.05, 3.63) is 30.2 Å². The van der Waals surface area contributed by atoms with Crippen molar-refractivity contribution >= 4 is 11.8 Å². The first-order valence-electron chi connectivity index (χ1n) is 9.58. The summed E-state index contributed by atoms with van der Waals surface area (Å²) in [4.78, 5) is 30.9. The van der Waals surface area contributed by atoms with Crippen LogP contribution in [0.4, 0.5) is 0 Å². The molecule has 4 rings (SSSR count). The molecule has 0 unspecified atom stereocenters. The number of amides is 2. The van der Waals surface area contributed by atoms with E-state index in [1.165, 1.54) is 6.26 Å². The Morgan fingerprint density at radius 1 is 1.00 bits per heavy atom. The maximum absolute atomic E-state index is 12.6. The molecule has 2 aromatic heterocycles. The number of hydrogen-bond donors (Lipinski definition) is 0. The van der Waals surface area contributed by atoms with Crippen molar-refractivity contribution in [3.8, 4) is 11.5 Å². The van der Waals surface area contributed by atoms with Gasteiger partial charge in [-0.25, -0.2) is 0 Å². The summed E-state index contributed by atoms with van der Waals surface area (Å²) in [7, 11) is 0. The summed E-state index contributed by atoms with van der Waals surface area (Å²) in [5, 5.41) is 3.86. The minimum absolute atomic E-state index is 0.139. The van der Waals surface area contributed by atoms with E-state index in [9.17, 15) is 9.59 Å². The van der Waals surface area contributed by atoms with E-state index in [1.54, 1.807) is 23.1 Å². The van der Waals surface area contributed by atoms with Crippen LogP contribution in [-0.4, -0.2) is 90.7 Å². The molecule has 0 radical (unpaired) electrons. The van der Waals surface area contributed by atoms with Crippen molar-refractivity contribution in [1.29, 1.82) is 0 Å². The molecule has 0 atom stereocenters. The lowest BCUT2D eigenvalue weighted by Gasteiger charge is -2.35. The van der Waals surface area contributed by atoms with Gasteiger partial charge in [0.15, 0.2) is 11.5 Å². The number of hydrogen-bond acceptors (Lipinski definition) is 7. The normalized spacial score (nSPS) is 18.4. The number of aromatic nitrogens is 1. The molecule has 0 bridgehead atoms. The van der Waals surface area contributed by atoms with E-state index in [4.69, 9.17) is 13.7 Å². The summed E-state index contributed by atoms with van der Waals surface area (Å²) in [6, 6.07) is 5.08. The average molecular weight is 388 g/mol. The van der Waals surface area contributed by atoms with Gasteiger partial charge < -0.3 is 23.5 Å². The van der Waals surface area contributed by atoms with Crippen LogP contribution in [0.1, 0.15) is 16.9 Å². The molecule has 2 fully saturated rings. The molecule has 9 heteroatoms. The van der Waals surface area contributed by atoms with Crippen LogP contribution in [-0.2, 0) is 9.53 Å². The monoisotopic (exact) mass is 388 g/mol. The zero-order valence-electron chi connectivity index (χ0n) is 15.7. The van der Waals surface area contributed by atoms with E-state index in [1.807, 2.05) is 4.90 Å². The second-order valence-electron chi connectivity index (χ2n) is 6.93. The van der Waals surface area contributed by atoms with E-state index in [-0.39, 0.29) is 17.5 Å². The van der Waals surface area contributed by atoms with Gasteiger partial charge in [0.25, 0.3) is 5.91 Å². The molecule has 2 aliphatic heterocycles. The maximum atomic E-state index is 12.6. The number of carbonyl (C=O) groups is 2. The summed E-state index contributed by atoms with van der Waals surface area (Å²) < 4.78 is 15.8. The molecule has 0 spiro atoms. The van der Waals surface area contributed by atoms with Gasteiger partial charge in [-0.05, 0) is 12.1 Å². The van der Waals surface area contributed by atoms with Gasteiger partial charge in [0.1, 0.15) is 0 Å². The Balaban J connectivity index is 1.25. The molecule has 0 aromatic carbocycles. The van der Waals surface area contributed by atoms with Crippen molar-refractivity contribution < 1.29 is 23.3 Å². The van der Waals surface area contributed by atoms with Crippen molar-refractivity contribution in [3.63, 3.8) is 0 Å². The van der Waals surface area contributed by atoms with Gasteiger partial charge >= 0.3 is 0 Å². The largest absolute Gasteiger partial charge is 0.461 e. The Labute approximate surface area is 162 Å². The first kappa shape index (κ1) is 18.7. The molecule has 2 saturated heterocycles. The van der Waals surface area contributed by atoms with E-state index in [0.29, 0.717) is 44.1 Å². The highest BCUT2D eigenvalue weighted by molar-refractivity contribution is 5.93. The van der Waals surface area contributed by atoms with E-state index < -0.39 is 0 Å². The molecule has 2 aromatic rings. The third kappa shape index (κ3) is 4.26. The topological polar surface area (TPSA) is 92.3 Å². The van der Waals surface area contributed by atoms with Crippen molar-refractivity contribution in [2.24, 2.45) is 0 Å². The Morgan fingerprint density at radius 2 is 1.75 bits per heavy atom. The van der Waals surface area contributed by atoms with Crippen LogP contribution in [0.5, 0.6) is 0 Å². The van der Waals surface area contributed by atoms with Gasteiger partial charge in [0.05, 0.1) is 19.5 Å². The zero-order valence-corrected chi connectivity index (χ0v) is 15.7. The number of morpholine rings is 1. The Hall–Kier alpha value is -2.65. The molecule has 2 amide bonds. The number of nitrogens with zero attached hydrogens (tertiary/aromatic N) is 4. The van der Waals surface area contributed by atoms with E-state index in [2.05, 4.69) is 10.1 Å². The van der Waals surface area contributed by atoms with Gasteiger partial charge in [0, 0.05) is 58.3 Å². The van der Waals surface area contributed by atoms with Gasteiger partial charge in [-0.2, -0.15) is 0 Å². The molecule has 4 heterocycles. The predicted molar refractivity (Wildman–Crippen MR) is 98.6 cm³/mol. The minimum Gasteiger partial charge on any atom is -0.461 e. The van der Waals surface area contributed by atoms with Crippen LogP contribution >= 0.6 is 0 Å². The lowest BCUT2D eigenvalue weighted by molar-refractivity contribution is -0.133. The fourth-order valence-electron chi connectivity index (χ4n) is 3.47.